The molecular formula is C11H18N2O3. The number of nitrogens with two attached hydrogens (primary N) is 1. The molecule has 1 heterocycles. The number of primary amides is 1. The van der Waals surface area contributed by atoms with Crippen molar-refractivity contribution in [2.24, 2.45) is 11.1 Å². The summed E-state index contributed by atoms with van der Waals surface area (Å²) in [5.41, 5.74) is 6.39. The van der Waals surface area contributed by atoms with Crippen LogP contribution in [0.25, 0.3) is 0 Å². The van der Waals surface area contributed by atoms with E-state index < -0.39 is 12.2 Å². The number of amides is 1. The van der Waals surface area contributed by atoms with E-state index in [-0.39, 0.29) is 5.41 Å². The van der Waals surface area contributed by atoms with Crippen LogP contribution in [0, 0.1) is 5.41 Å². The summed E-state index contributed by atoms with van der Waals surface area (Å²) < 4.78 is 10.1. The lowest BCUT2D eigenvalue weighted by molar-refractivity contribution is 0.0351. The van der Waals surface area contributed by atoms with Gasteiger partial charge in [0, 0.05) is 5.41 Å². The highest BCUT2D eigenvalue weighted by molar-refractivity contribution is 5.65. The smallest absolute Gasteiger partial charge is 0.405 e. The zero-order chi connectivity index (χ0) is 12.3. The molecule has 16 heavy (non-hydrogen) atoms. The Hall–Kier alpha value is -1.52. The van der Waals surface area contributed by atoms with E-state index in [4.69, 9.17) is 15.0 Å². The highest BCUT2D eigenvalue weighted by Gasteiger charge is 2.32. The second-order valence-electron chi connectivity index (χ2n) is 4.75. The van der Waals surface area contributed by atoms with Crippen LogP contribution in [0.2, 0.25) is 0 Å². The van der Waals surface area contributed by atoms with E-state index in [0.717, 1.165) is 17.7 Å². The molecule has 1 aromatic heterocycles. The maximum absolute atomic E-state index is 10.9. The Kier molecular flexibility index (Phi) is 3.57. The van der Waals surface area contributed by atoms with Crippen LogP contribution in [0.1, 0.15) is 45.1 Å². The van der Waals surface area contributed by atoms with E-state index in [2.05, 4.69) is 5.16 Å². The van der Waals surface area contributed by atoms with Crippen LogP contribution in [-0.2, 0) is 11.2 Å². The van der Waals surface area contributed by atoms with E-state index in [1.165, 1.54) is 6.26 Å². The van der Waals surface area contributed by atoms with Gasteiger partial charge < -0.3 is 15.0 Å². The SMILES string of the molecule is CCc1nocc1C(OC(N)=O)C(C)(C)C. The first-order chi connectivity index (χ1) is 7.36. The number of aryl methyl sites for hydroxylation is 1. The third-order valence-corrected chi connectivity index (χ3v) is 2.31. The van der Waals surface area contributed by atoms with E-state index in [0.29, 0.717) is 0 Å². The van der Waals surface area contributed by atoms with Gasteiger partial charge in [-0.3, -0.25) is 0 Å². The van der Waals surface area contributed by atoms with Crippen molar-refractivity contribution in [1.82, 2.24) is 5.16 Å². The van der Waals surface area contributed by atoms with E-state index >= 15 is 0 Å². The fraction of sp³-hybridized carbons (Fsp3) is 0.636. The molecule has 0 spiro atoms. The molecule has 1 amide bonds. The molecule has 5 nitrogen and oxygen atoms in total. The Labute approximate surface area is 94.9 Å². The number of carbonyl (C=O) groups excluding carboxylic acids is 1. The van der Waals surface area contributed by atoms with Gasteiger partial charge in [0.1, 0.15) is 12.4 Å². The van der Waals surface area contributed by atoms with Crippen molar-refractivity contribution in [3.05, 3.63) is 17.5 Å². The first-order valence-electron chi connectivity index (χ1n) is 5.25. The molecule has 5 heteroatoms. The highest BCUT2D eigenvalue weighted by atomic mass is 16.6. The van der Waals surface area contributed by atoms with Crippen LogP contribution < -0.4 is 5.73 Å². The lowest BCUT2D eigenvalue weighted by Gasteiger charge is -2.29. The second-order valence-corrected chi connectivity index (χ2v) is 4.75. The van der Waals surface area contributed by atoms with Gasteiger partial charge in [0.2, 0.25) is 0 Å². The lowest BCUT2D eigenvalue weighted by Crippen LogP contribution is -2.27. The van der Waals surface area contributed by atoms with Crippen molar-refractivity contribution in [2.75, 3.05) is 0 Å². The Balaban J connectivity index is 3.06. The van der Waals surface area contributed by atoms with Crippen molar-refractivity contribution in [3.63, 3.8) is 0 Å². The summed E-state index contributed by atoms with van der Waals surface area (Å²) in [4.78, 5) is 10.9. The molecular weight excluding hydrogens is 208 g/mol. The van der Waals surface area contributed by atoms with Gasteiger partial charge in [-0.2, -0.15) is 0 Å². The van der Waals surface area contributed by atoms with Crippen molar-refractivity contribution >= 4 is 6.09 Å². The van der Waals surface area contributed by atoms with Crippen LogP contribution in [0.3, 0.4) is 0 Å². The van der Waals surface area contributed by atoms with Crippen LogP contribution in [0.15, 0.2) is 10.8 Å². The number of aromatic nitrogens is 1. The first kappa shape index (κ1) is 12.5. The molecule has 1 atom stereocenters. The maximum atomic E-state index is 10.9. The minimum Gasteiger partial charge on any atom is -0.441 e. The van der Waals surface area contributed by atoms with Crippen molar-refractivity contribution in [3.8, 4) is 0 Å². The summed E-state index contributed by atoms with van der Waals surface area (Å²) in [6.45, 7) is 7.86. The quantitative estimate of drug-likeness (QED) is 0.858. The minimum atomic E-state index is -0.789. The van der Waals surface area contributed by atoms with Crippen LogP contribution in [-0.4, -0.2) is 11.2 Å². The monoisotopic (exact) mass is 226 g/mol. The van der Waals surface area contributed by atoms with E-state index in [1.807, 2.05) is 27.7 Å². The number of hydrogen-bond acceptors (Lipinski definition) is 4. The molecule has 0 aromatic carbocycles. The number of carbonyl (C=O) groups is 1. The molecule has 0 saturated heterocycles. The Morgan fingerprint density at radius 2 is 2.25 bits per heavy atom. The molecule has 0 aliphatic carbocycles. The third-order valence-electron chi connectivity index (χ3n) is 2.31. The summed E-state index contributed by atoms with van der Waals surface area (Å²) in [5.74, 6) is 0. The average Bonchev–Trinajstić information content (AvgIpc) is 2.59. The number of ether oxygens (including phenoxy) is 1. The predicted molar refractivity (Wildman–Crippen MR) is 58.7 cm³/mol. The normalized spacial score (nSPS) is 13.5. The van der Waals surface area contributed by atoms with E-state index in [1.54, 1.807) is 0 Å². The number of nitrogens with zero attached hydrogens (tertiary/aromatic N) is 1. The third kappa shape index (κ3) is 2.74. The van der Waals surface area contributed by atoms with Crippen molar-refractivity contribution < 1.29 is 14.1 Å². The molecule has 0 aliphatic rings. The second kappa shape index (κ2) is 4.55. The average molecular weight is 226 g/mol. The summed E-state index contributed by atoms with van der Waals surface area (Å²) in [7, 11) is 0. The van der Waals surface area contributed by atoms with Crippen LogP contribution in [0.5, 0.6) is 0 Å². The molecule has 1 rings (SSSR count). The topological polar surface area (TPSA) is 78.3 Å². The maximum Gasteiger partial charge on any atom is 0.405 e. The van der Waals surface area contributed by atoms with Crippen LogP contribution in [0.4, 0.5) is 4.79 Å². The van der Waals surface area contributed by atoms with Crippen LogP contribution >= 0.6 is 0 Å². The van der Waals surface area contributed by atoms with Gasteiger partial charge in [0.25, 0.3) is 0 Å². The van der Waals surface area contributed by atoms with Gasteiger partial charge in [-0.25, -0.2) is 4.79 Å². The van der Waals surface area contributed by atoms with E-state index in [9.17, 15) is 4.79 Å². The summed E-state index contributed by atoms with van der Waals surface area (Å²) in [6, 6.07) is 0. The molecule has 1 unspecified atom stereocenters. The Bertz CT molecular complexity index is 366. The molecule has 0 fully saturated rings. The largest absolute Gasteiger partial charge is 0.441 e. The van der Waals surface area contributed by atoms with Gasteiger partial charge in [0.05, 0.1) is 11.3 Å². The lowest BCUT2D eigenvalue weighted by atomic mass is 9.84. The molecule has 0 radical (unpaired) electrons. The minimum absolute atomic E-state index is 0.259. The van der Waals surface area contributed by atoms with Gasteiger partial charge in [-0.1, -0.05) is 32.9 Å². The number of rotatable bonds is 3. The van der Waals surface area contributed by atoms with Gasteiger partial charge in [0.15, 0.2) is 0 Å². The zero-order valence-corrected chi connectivity index (χ0v) is 10.1. The van der Waals surface area contributed by atoms with Gasteiger partial charge >= 0.3 is 6.09 Å². The summed E-state index contributed by atoms with van der Waals surface area (Å²) in [6.07, 6.45) is 1.01. The molecule has 90 valence electrons. The fourth-order valence-electron chi connectivity index (χ4n) is 1.57. The predicted octanol–water partition coefficient (Wildman–Crippen LogP) is 2.42. The highest BCUT2D eigenvalue weighted by Crippen LogP contribution is 2.37. The van der Waals surface area contributed by atoms with Gasteiger partial charge in [-0.15, -0.1) is 0 Å². The Morgan fingerprint density at radius 3 is 2.69 bits per heavy atom. The summed E-state index contributed by atoms with van der Waals surface area (Å²) >= 11 is 0. The van der Waals surface area contributed by atoms with Crippen molar-refractivity contribution in [1.29, 1.82) is 0 Å². The molecule has 0 bridgehead atoms. The standard InChI is InChI=1S/C11H18N2O3/c1-5-8-7(6-15-13-8)9(11(2,3)4)16-10(12)14/h6,9H,5H2,1-4H3,(H2,12,14). The molecule has 1 aromatic rings. The van der Waals surface area contributed by atoms with Crippen molar-refractivity contribution in [2.45, 2.75) is 40.2 Å². The first-order valence-corrected chi connectivity index (χ1v) is 5.25. The summed E-state index contributed by atoms with van der Waals surface area (Å²) in [5, 5.41) is 3.87. The zero-order valence-electron chi connectivity index (χ0n) is 10.1. The Morgan fingerprint density at radius 1 is 1.62 bits per heavy atom. The molecule has 0 aliphatic heterocycles. The van der Waals surface area contributed by atoms with Gasteiger partial charge in [-0.05, 0) is 6.42 Å². The molecule has 0 saturated carbocycles. The number of hydrogen-bond donors (Lipinski definition) is 1. The fourth-order valence-corrected chi connectivity index (χ4v) is 1.57. The molecule has 2 N–H and O–H groups in total.